The van der Waals surface area contributed by atoms with Crippen LogP contribution in [0.5, 0.6) is 0 Å². The minimum atomic E-state index is 0.0143. The molecule has 2 aliphatic rings. The molecule has 0 amide bonds. The number of hydrogen-bond donors (Lipinski definition) is 0. The van der Waals surface area contributed by atoms with Gasteiger partial charge < -0.3 is 18.9 Å². The summed E-state index contributed by atoms with van der Waals surface area (Å²) in [5.41, 5.74) is 2.32. The van der Waals surface area contributed by atoms with Gasteiger partial charge in [0.05, 0.1) is 39.6 Å². The molecule has 2 heterocycles. The quantitative estimate of drug-likeness (QED) is 0.803. The average molecular weight is 250 g/mol. The van der Waals surface area contributed by atoms with Gasteiger partial charge in [-0.3, -0.25) is 0 Å². The predicted molar refractivity (Wildman–Crippen MR) is 65.5 cm³/mol. The Balaban J connectivity index is 1.83. The molecule has 2 fully saturated rings. The normalized spacial score (nSPS) is 29.1. The Labute approximate surface area is 107 Å². The lowest BCUT2D eigenvalue weighted by molar-refractivity contribution is -0.101. The summed E-state index contributed by atoms with van der Waals surface area (Å²) in [7, 11) is 0. The third kappa shape index (κ3) is 2.57. The molecular formula is C14H18O4. The van der Waals surface area contributed by atoms with Gasteiger partial charge in [0.1, 0.15) is 12.2 Å². The maximum Gasteiger partial charge on any atom is 0.106 e. The molecule has 0 bridgehead atoms. The maximum absolute atomic E-state index is 5.77. The Morgan fingerprint density at radius 1 is 0.722 bits per heavy atom. The molecule has 0 aliphatic carbocycles. The highest BCUT2D eigenvalue weighted by atomic mass is 16.6. The molecule has 0 aromatic heterocycles. The zero-order chi connectivity index (χ0) is 12.2. The van der Waals surface area contributed by atoms with E-state index < -0.39 is 0 Å². The first-order valence-electron chi connectivity index (χ1n) is 6.42. The van der Waals surface area contributed by atoms with Crippen molar-refractivity contribution in [3.63, 3.8) is 0 Å². The molecule has 4 heteroatoms. The van der Waals surface area contributed by atoms with E-state index in [1.165, 1.54) is 0 Å². The molecule has 0 N–H and O–H groups in total. The first kappa shape index (κ1) is 12.1. The van der Waals surface area contributed by atoms with Gasteiger partial charge in [0.2, 0.25) is 0 Å². The molecule has 0 spiro atoms. The highest BCUT2D eigenvalue weighted by Crippen LogP contribution is 2.31. The van der Waals surface area contributed by atoms with Crippen molar-refractivity contribution in [2.24, 2.45) is 0 Å². The molecule has 0 radical (unpaired) electrons. The van der Waals surface area contributed by atoms with E-state index in [1.807, 2.05) is 12.1 Å². The highest BCUT2D eigenvalue weighted by Gasteiger charge is 2.25. The van der Waals surface area contributed by atoms with Crippen molar-refractivity contribution in [1.29, 1.82) is 0 Å². The third-order valence-electron chi connectivity index (χ3n) is 3.32. The van der Waals surface area contributed by atoms with Gasteiger partial charge in [0, 0.05) is 0 Å². The van der Waals surface area contributed by atoms with Crippen LogP contribution in [0.15, 0.2) is 24.3 Å². The van der Waals surface area contributed by atoms with Crippen molar-refractivity contribution in [2.45, 2.75) is 12.2 Å². The monoisotopic (exact) mass is 250 g/mol. The van der Waals surface area contributed by atoms with Crippen LogP contribution in [0.4, 0.5) is 0 Å². The second-order valence-corrected chi connectivity index (χ2v) is 4.50. The number of hydrogen-bond acceptors (Lipinski definition) is 4. The topological polar surface area (TPSA) is 36.9 Å². The summed E-state index contributed by atoms with van der Waals surface area (Å²) in [5.74, 6) is 0. The van der Waals surface area contributed by atoms with Crippen LogP contribution >= 0.6 is 0 Å². The lowest BCUT2D eigenvalue weighted by Gasteiger charge is -2.29. The Morgan fingerprint density at radius 2 is 1.22 bits per heavy atom. The molecule has 0 saturated carbocycles. The van der Waals surface area contributed by atoms with Crippen molar-refractivity contribution in [3.8, 4) is 0 Å². The lowest BCUT2D eigenvalue weighted by Crippen LogP contribution is -2.26. The smallest absolute Gasteiger partial charge is 0.106 e. The number of ether oxygens (including phenoxy) is 4. The molecule has 98 valence electrons. The van der Waals surface area contributed by atoms with Gasteiger partial charge in [-0.1, -0.05) is 24.3 Å². The fraction of sp³-hybridized carbons (Fsp3) is 0.571. The zero-order valence-electron chi connectivity index (χ0n) is 10.3. The molecule has 2 aliphatic heterocycles. The molecule has 2 atom stereocenters. The summed E-state index contributed by atoms with van der Waals surface area (Å²) < 4.78 is 22.5. The van der Waals surface area contributed by atoms with Crippen LogP contribution in [0.1, 0.15) is 23.3 Å². The van der Waals surface area contributed by atoms with Crippen LogP contribution < -0.4 is 0 Å². The second-order valence-electron chi connectivity index (χ2n) is 4.50. The molecule has 2 unspecified atom stereocenters. The van der Waals surface area contributed by atoms with E-state index in [0.29, 0.717) is 39.6 Å². The van der Waals surface area contributed by atoms with E-state index >= 15 is 0 Å². The van der Waals surface area contributed by atoms with Crippen LogP contribution in [0.3, 0.4) is 0 Å². The summed E-state index contributed by atoms with van der Waals surface area (Å²) in [4.78, 5) is 0. The van der Waals surface area contributed by atoms with Crippen LogP contribution in [0, 0.1) is 0 Å². The van der Waals surface area contributed by atoms with E-state index in [1.54, 1.807) is 0 Å². The lowest BCUT2D eigenvalue weighted by atomic mass is 9.98. The van der Waals surface area contributed by atoms with Crippen LogP contribution in [-0.2, 0) is 18.9 Å². The Kier molecular flexibility index (Phi) is 3.90. The highest BCUT2D eigenvalue weighted by molar-refractivity contribution is 5.31. The second kappa shape index (κ2) is 5.80. The third-order valence-corrected chi connectivity index (χ3v) is 3.32. The molecule has 1 aromatic carbocycles. The molecule has 2 saturated heterocycles. The summed E-state index contributed by atoms with van der Waals surface area (Å²) in [5, 5.41) is 0. The first-order valence-corrected chi connectivity index (χ1v) is 6.42. The summed E-state index contributed by atoms with van der Waals surface area (Å²) in [6.07, 6.45) is 0.0287. The van der Waals surface area contributed by atoms with Crippen molar-refractivity contribution in [3.05, 3.63) is 35.4 Å². The summed E-state index contributed by atoms with van der Waals surface area (Å²) >= 11 is 0. The van der Waals surface area contributed by atoms with Crippen molar-refractivity contribution >= 4 is 0 Å². The SMILES string of the molecule is c1ccc(C2COCCO2)c(C2COCCO2)c1. The van der Waals surface area contributed by atoms with Gasteiger partial charge in [0.25, 0.3) is 0 Å². The fourth-order valence-corrected chi connectivity index (χ4v) is 2.43. The molecule has 1 aromatic rings. The minimum Gasteiger partial charge on any atom is -0.376 e. The molecular weight excluding hydrogens is 232 g/mol. The molecule has 18 heavy (non-hydrogen) atoms. The van der Waals surface area contributed by atoms with E-state index in [-0.39, 0.29) is 12.2 Å². The zero-order valence-corrected chi connectivity index (χ0v) is 10.3. The van der Waals surface area contributed by atoms with Crippen molar-refractivity contribution in [2.75, 3.05) is 39.6 Å². The minimum absolute atomic E-state index is 0.0143. The maximum atomic E-state index is 5.77. The summed E-state index contributed by atoms with van der Waals surface area (Å²) in [6, 6.07) is 8.24. The van der Waals surface area contributed by atoms with Crippen LogP contribution in [0.2, 0.25) is 0 Å². The first-order chi connectivity index (χ1) is 8.95. The van der Waals surface area contributed by atoms with E-state index in [2.05, 4.69) is 12.1 Å². The Morgan fingerprint density at radius 3 is 1.61 bits per heavy atom. The summed E-state index contributed by atoms with van der Waals surface area (Å²) in [6.45, 7) is 3.90. The van der Waals surface area contributed by atoms with Gasteiger partial charge in [-0.05, 0) is 11.1 Å². The number of benzene rings is 1. The Hall–Kier alpha value is -0.940. The van der Waals surface area contributed by atoms with E-state index in [0.717, 1.165) is 11.1 Å². The van der Waals surface area contributed by atoms with Gasteiger partial charge >= 0.3 is 0 Å². The Bertz CT molecular complexity index is 344. The van der Waals surface area contributed by atoms with Crippen LogP contribution in [0.25, 0.3) is 0 Å². The molecule has 4 nitrogen and oxygen atoms in total. The van der Waals surface area contributed by atoms with Gasteiger partial charge in [0.15, 0.2) is 0 Å². The van der Waals surface area contributed by atoms with Gasteiger partial charge in [-0.2, -0.15) is 0 Å². The molecule has 3 rings (SSSR count). The fourth-order valence-electron chi connectivity index (χ4n) is 2.43. The van der Waals surface area contributed by atoms with Gasteiger partial charge in [-0.15, -0.1) is 0 Å². The van der Waals surface area contributed by atoms with Crippen LogP contribution in [-0.4, -0.2) is 39.6 Å². The van der Waals surface area contributed by atoms with Crippen molar-refractivity contribution < 1.29 is 18.9 Å². The standard InChI is InChI=1S/C14H18O4/c1-2-4-12(14-10-16-6-8-18-14)11(3-1)13-9-15-5-7-17-13/h1-4,13-14H,5-10H2. The van der Waals surface area contributed by atoms with E-state index in [4.69, 9.17) is 18.9 Å². The van der Waals surface area contributed by atoms with E-state index in [9.17, 15) is 0 Å². The van der Waals surface area contributed by atoms with Gasteiger partial charge in [-0.25, -0.2) is 0 Å². The average Bonchev–Trinajstić information content (AvgIpc) is 2.49. The van der Waals surface area contributed by atoms with Crippen molar-refractivity contribution in [1.82, 2.24) is 0 Å². The largest absolute Gasteiger partial charge is 0.376 e. The number of rotatable bonds is 2. The predicted octanol–water partition coefficient (Wildman–Crippen LogP) is 1.86.